The van der Waals surface area contributed by atoms with E-state index in [-0.39, 0.29) is 74.5 Å². The van der Waals surface area contributed by atoms with Crippen molar-refractivity contribution in [3.8, 4) is 30.3 Å². The number of rotatable bonds is 2. The van der Waals surface area contributed by atoms with E-state index in [1.807, 2.05) is 6.07 Å². The molecular formula is C19H6N12. The quantitative estimate of drug-likeness (QED) is 0.449. The predicted molar refractivity (Wildman–Crippen MR) is 102 cm³/mol. The molecule has 0 unspecified atom stereocenters. The summed E-state index contributed by atoms with van der Waals surface area (Å²) in [6.45, 7) is 0.206. The highest BCUT2D eigenvalue weighted by Gasteiger charge is 2.22. The molecule has 142 valence electrons. The summed E-state index contributed by atoms with van der Waals surface area (Å²) in [5, 5.41) is 46.9. The van der Waals surface area contributed by atoms with E-state index >= 15 is 0 Å². The van der Waals surface area contributed by atoms with Crippen LogP contribution < -0.4 is 5.73 Å². The average molecular weight is 402 g/mol. The van der Waals surface area contributed by atoms with Gasteiger partial charge in [0, 0.05) is 6.42 Å². The van der Waals surface area contributed by atoms with Gasteiger partial charge in [0.2, 0.25) is 0 Å². The molecular weight excluding hydrogens is 396 g/mol. The highest BCUT2D eigenvalue weighted by molar-refractivity contribution is 6.18. The lowest BCUT2D eigenvalue weighted by Gasteiger charge is -2.10. The van der Waals surface area contributed by atoms with Crippen molar-refractivity contribution in [3.05, 3.63) is 34.2 Å². The molecule has 0 saturated heterocycles. The number of nitrogens with zero attached hydrogens (tertiary/aromatic N) is 11. The molecule has 12 nitrogen and oxygen atoms in total. The third-order valence-electron chi connectivity index (χ3n) is 4.34. The monoisotopic (exact) mass is 402 g/mol. The molecule has 0 amide bonds. The van der Waals surface area contributed by atoms with E-state index in [0.29, 0.717) is 5.69 Å². The zero-order chi connectivity index (χ0) is 22.1. The van der Waals surface area contributed by atoms with Crippen molar-refractivity contribution in [2.75, 3.05) is 6.54 Å². The van der Waals surface area contributed by atoms with Gasteiger partial charge in [-0.1, -0.05) is 0 Å². The first-order valence-corrected chi connectivity index (χ1v) is 8.56. The molecule has 4 aromatic rings. The smallest absolute Gasteiger partial charge is 0.177 e. The first-order valence-electron chi connectivity index (χ1n) is 8.56. The number of aromatic nitrogens is 6. The highest BCUT2D eigenvalue weighted by Crippen LogP contribution is 2.31. The summed E-state index contributed by atoms with van der Waals surface area (Å²) in [5.41, 5.74) is 5.44. The number of fused-ring (bicyclic) bond motifs is 6. The van der Waals surface area contributed by atoms with Crippen molar-refractivity contribution >= 4 is 33.1 Å². The Bertz CT molecular complexity index is 1600. The third-order valence-corrected chi connectivity index (χ3v) is 4.34. The van der Waals surface area contributed by atoms with Gasteiger partial charge in [-0.3, -0.25) is 0 Å². The van der Waals surface area contributed by atoms with E-state index in [0.717, 1.165) is 0 Å². The molecule has 0 spiro atoms. The second kappa shape index (κ2) is 7.24. The minimum Gasteiger partial charge on any atom is -0.330 e. The summed E-state index contributed by atoms with van der Waals surface area (Å²) in [6.07, 6.45) is 0.253. The minimum absolute atomic E-state index is 0.00498. The van der Waals surface area contributed by atoms with Crippen LogP contribution in [-0.4, -0.2) is 36.4 Å². The summed E-state index contributed by atoms with van der Waals surface area (Å²) in [5.74, 6) is 0. The maximum atomic E-state index is 9.49. The molecule has 0 aliphatic heterocycles. The van der Waals surface area contributed by atoms with Crippen LogP contribution in [0.2, 0.25) is 0 Å². The standard InChI is InChI=1S/C19H6N12/c20-2-1-8-9(3-21)27-15-14(26-8)16-18(30-11(5-23)10(4-22)28-16)19-17(15)29-12(6-24)13(7-25)31-19/h1-2,20H2. The molecule has 3 heterocycles. The van der Waals surface area contributed by atoms with Crippen molar-refractivity contribution in [2.24, 2.45) is 5.73 Å². The normalized spacial score (nSPS) is 10.2. The largest absolute Gasteiger partial charge is 0.330 e. The van der Waals surface area contributed by atoms with Gasteiger partial charge >= 0.3 is 0 Å². The Kier molecular flexibility index (Phi) is 4.43. The predicted octanol–water partition coefficient (Wildman–Crippen LogP) is 0.376. The van der Waals surface area contributed by atoms with Gasteiger partial charge in [0.1, 0.15) is 63.4 Å². The second-order valence-electron chi connectivity index (χ2n) is 6.05. The summed E-state index contributed by atoms with van der Waals surface area (Å²) in [6, 6.07) is 9.14. The van der Waals surface area contributed by atoms with E-state index < -0.39 is 0 Å². The fraction of sp³-hybridized carbons (Fsp3) is 0.105. The molecule has 0 saturated carbocycles. The lowest BCUT2D eigenvalue weighted by Crippen LogP contribution is -2.10. The maximum Gasteiger partial charge on any atom is 0.177 e. The number of nitriles is 5. The number of nitrogens with two attached hydrogens (primary N) is 1. The van der Waals surface area contributed by atoms with Crippen molar-refractivity contribution in [3.63, 3.8) is 0 Å². The van der Waals surface area contributed by atoms with Crippen molar-refractivity contribution < 1.29 is 0 Å². The van der Waals surface area contributed by atoms with Gasteiger partial charge in [0.05, 0.1) is 5.69 Å². The molecule has 0 bridgehead atoms. The lowest BCUT2D eigenvalue weighted by molar-refractivity contribution is 0.914. The highest BCUT2D eigenvalue weighted by atomic mass is 14.9. The van der Waals surface area contributed by atoms with Crippen molar-refractivity contribution in [1.82, 2.24) is 29.9 Å². The molecule has 31 heavy (non-hydrogen) atoms. The fourth-order valence-electron chi connectivity index (χ4n) is 3.04. The van der Waals surface area contributed by atoms with Crippen LogP contribution in [0.3, 0.4) is 0 Å². The Labute approximate surface area is 173 Å². The fourth-order valence-corrected chi connectivity index (χ4v) is 3.04. The zero-order valence-electron chi connectivity index (χ0n) is 15.4. The topological polar surface area (TPSA) is 222 Å². The van der Waals surface area contributed by atoms with Gasteiger partial charge in [-0.05, 0) is 6.54 Å². The SMILES string of the molecule is N#Cc1nc2c3nc(C#N)c(C#N)nc3c3nc(CCN)c(C#N)nc3c2nc1C#N. The van der Waals surface area contributed by atoms with Crippen molar-refractivity contribution in [1.29, 1.82) is 26.3 Å². The van der Waals surface area contributed by atoms with Crippen molar-refractivity contribution in [2.45, 2.75) is 6.42 Å². The van der Waals surface area contributed by atoms with Crippen LogP contribution in [-0.2, 0) is 6.42 Å². The number of benzene rings is 1. The molecule has 2 N–H and O–H groups in total. The molecule has 3 aromatic heterocycles. The first-order chi connectivity index (χ1) is 15.1. The van der Waals surface area contributed by atoms with Crippen LogP contribution in [0.1, 0.15) is 34.2 Å². The Morgan fingerprint density at radius 2 is 0.774 bits per heavy atom. The maximum absolute atomic E-state index is 9.49. The summed E-state index contributed by atoms with van der Waals surface area (Å²) in [4.78, 5) is 25.6. The Morgan fingerprint density at radius 3 is 1.06 bits per heavy atom. The molecule has 0 radical (unpaired) electrons. The molecule has 0 aliphatic carbocycles. The average Bonchev–Trinajstić information content (AvgIpc) is 2.82. The summed E-state index contributed by atoms with van der Waals surface area (Å²) < 4.78 is 0. The van der Waals surface area contributed by atoms with Crippen LogP contribution in [0.5, 0.6) is 0 Å². The molecule has 0 atom stereocenters. The molecule has 4 rings (SSSR count). The van der Waals surface area contributed by atoms with E-state index in [4.69, 9.17) is 5.73 Å². The summed E-state index contributed by atoms with van der Waals surface area (Å²) >= 11 is 0. The van der Waals surface area contributed by atoms with E-state index in [1.165, 1.54) is 0 Å². The second-order valence-corrected chi connectivity index (χ2v) is 6.05. The van der Waals surface area contributed by atoms with E-state index in [2.05, 4.69) is 29.9 Å². The Balaban J connectivity index is 2.36. The van der Waals surface area contributed by atoms with E-state index in [1.54, 1.807) is 24.3 Å². The molecule has 12 heteroatoms. The first kappa shape index (κ1) is 19.0. The minimum atomic E-state index is -0.256. The molecule has 0 fully saturated rings. The zero-order valence-corrected chi connectivity index (χ0v) is 15.4. The Hall–Kier alpha value is -5.35. The van der Waals surface area contributed by atoms with E-state index in [9.17, 15) is 26.3 Å². The van der Waals surface area contributed by atoms with Gasteiger partial charge in [-0.25, -0.2) is 29.9 Å². The molecule has 1 aromatic carbocycles. The van der Waals surface area contributed by atoms with Crippen LogP contribution in [0.15, 0.2) is 0 Å². The third kappa shape index (κ3) is 2.76. The Morgan fingerprint density at radius 1 is 0.484 bits per heavy atom. The van der Waals surface area contributed by atoms with Gasteiger partial charge < -0.3 is 5.73 Å². The summed E-state index contributed by atoms with van der Waals surface area (Å²) in [7, 11) is 0. The number of hydrogen-bond acceptors (Lipinski definition) is 12. The van der Waals surface area contributed by atoms with Gasteiger partial charge in [-0.2, -0.15) is 26.3 Å². The number of hydrogen-bond donors (Lipinski definition) is 1. The van der Waals surface area contributed by atoms with Crippen LogP contribution >= 0.6 is 0 Å². The lowest BCUT2D eigenvalue weighted by atomic mass is 10.1. The molecule has 0 aliphatic rings. The van der Waals surface area contributed by atoms with Gasteiger partial charge in [-0.15, -0.1) is 0 Å². The van der Waals surface area contributed by atoms with Crippen LogP contribution in [0, 0.1) is 56.7 Å². The van der Waals surface area contributed by atoms with Crippen LogP contribution in [0.4, 0.5) is 0 Å². The van der Waals surface area contributed by atoms with Gasteiger partial charge in [0.15, 0.2) is 28.5 Å². The van der Waals surface area contributed by atoms with Crippen LogP contribution in [0.25, 0.3) is 33.1 Å². The van der Waals surface area contributed by atoms with Gasteiger partial charge in [0.25, 0.3) is 0 Å².